The number of rotatable bonds is 3. The molecule has 2 bridgehead atoms. The summed E-state index contributed by atoms with van der Waals surface area (Å²) in [4.78, 5) is 19.4. The Balaban J connectivity index is 1.53. The van der Waals surface area contributed by atoms with Crippen LogP contribution in [-0.4, -0.2) is 81.1 Å². The van der Waals surface area contributed by atoms with Crippen LogP contribution in [-0.2, 0) is 9.84 Å². The van der Waals surface area contributed by atoms with Crippen molar-refractivity contribution >= 4 is 21.6 Å². The van der Waals surface area contributed by atoms with Gasteiger partial charge in [0, 0.05) is 44.5 Å². The number of urea groups is 1. The Bertz CT molecular complexity index is 859. The van der Waals surface area contributed by atoms with E-state index in [1.54, 1.807) is 4.90 Å². The highest BCUT2D eigenvalue weighted by Crippen LogP contribution is 2.40. The van der Waals surface area contributed by atoms with E-state index in [0.29, 0.717) is 44.0 Å². The van der Waals surface area contributed by atoms with Gasteiger partial charge >= 0.3 is 6.03 Å². The standard InChI is InChI=1S/C22H33N3O4S/c1-4-29-20-7-5-19(6-8-20)25-14-18-13-24(15-21(25)17(3)16(18)2)22(26)23-9-11-30(27,28)12-10-23/h5-8,16-18,21H,4,9-15H2,1-3H3/t16?,17-,18+,21?/m0/s1. The first kappa shape index (κ1) is 21.3. The Morgan fingerprint density at radius 3 is 2.30 bits per heavy atom. The molecule has 0 aliphatic carbocycles. The van der Waals surface area contributed by atoms with Crippen LogP contribution < -0.4 is 9.64 Å². The van der Waals surface area contributed by atoms with E-state index in [9.17, 15) is 13.2 Å². The second-order valence-electron chi connectivity index (χ2n) is 8.95. The summed E-state index contributed by atoms with van der Waals surface area (Å²) >= 11 is 0. The molecule has 4 heterocycles. The molecular weight excluding hydrogens is 402 g/mol. The summed E-state index contributed by atoms with van der Waals surface area (Å²) in [5.74, 6) is 2.42. The lowest BCUT2D eigenvalue weighted by Crippen LogP contribution is -2.53. The van der Waals surface area contributed by atoms with Crippen LogP contribution in [0, 0.1) is 17.8 Å². The molecule has 30 heavy (non-hydrogen) atoms. The number of nitrogens with zero attached hydrogens (tertiary/aromatic N) is 3. The van der Waals surface area contributed by atoms with Gasteiger partial charge in [0.2, 0.25) is 0 Å². The summed E-state index contributed by atoms with van der Waals surface area (Å²) in [5.41, 5.74) is 1.17. The van der Waals surface area contributed by atoms with Gasteiger partial charge in [-0.3, -0.25) is 0 Å². The van der Waals surface area contributed by atoms with Crippen molar-refractivity contribution in [1.82, 2.24) is 9.80 Å². The topological polar surface area (TPSA) is 70.2 Å². The molecule has 0 N–H and O–H groups in total. The van der Waals surface area contributed by atoms with Crippen LogP contribution in [0.1, 0.15) is 20.8 Å². The average molecular weight is 436 g/mol. The molecule has 5 rings (SSSR count). The molecule has 4 aliphatic rings. The van der Waals surface area contributed by atoms with Crippen LogP contribution in [0.4, 0.5) is 10.5 Å². The zero-order chi connectivity index (χ0) is 21.5. The highest BCUT2D eigenvalue weighted by Gasteiger charge is 2.45. The van der Waals surface area contributed by atoms with E-state index in [-0.39, 0.29) is 23.6 Å². The Morgan fingerprint density at radius 2 is 1.67 bits per heavy atom. The molecule has 4 aliphatic heterocycles. The molecule has 4 saturated heterocycles. The van der Waals surface area contributed by atoms with E-state index in [1.807, 2.05) is 24.0 Å². The maximum absolute atomic E-state index is 13.2. The number of amides is 2. The normalized spacial score (nSPS) is 30.8. The molecule has 2 amide bonds. The number of carbonyl (C=O) groups is 1. The number of carbonyl (C=O) groups excluding carboxylic acids is 1. The van der Waals surface area contributed by atoms with Crippen molar-refractivity contribution < 1.29 is 17.9 Å². The smallest absolute Gasteiger partial charge is 0.320 e. The monoisotopic (exact) mass is 435 g/mol. The van der Waals surface area contributed by atoms with E-state index in [0.717, 1.165) is 18.8 Å². The van der Waals surface area contributed by atoms with Crippen molar-refractivity contribution in [3.05, 3.63) is 24.3 Å². The molecule has 1 aromatic carbocycles. The fraction of sp³-hybridized carbons (Fsp3) is 0.682. The minimum atomic E-state index is -3.00. The zero-order valence-corrected chi connectivity index (χ0v) is 19.0. The summed E-state index contributed by atoms with van der Waals surface area (Å²) in [6.45, 7) is 10.2. The predicted molar refractivity (Wildman–Crippen MR) is 118 cm³/mol. The van der Waals surface area contributed by atoms with Gasteiger partial charge in [-0.15, -0.1) is 0 Å². The van der Waals surface area contributed by atoms with Crippen molar-refractivity contribution in [2.24, 2.45) is 17.8 Å². The van der Waals surface area contributed by atoms with Crippen molar-refractivity contribution in [3.8, 4) is 5.75 Å². The molecule has 8 heteroatoms. The van der Waals surface area contributed by atoms with Crippen molar-refractivity contribution in [1.29, 1.82) is 0 Å². The van der Waals surface area contributed by atoms with Gasteiger partial charge in [-0.05, 0) is 48.9 Å². The minimum absolute atomic E-state index is 0.00487. The number of fused-ring (bicyclic) bond motifs is 4. The Labute approximate surface area is 179 Å². The molecule has 166 valence electrons. The lowest BCUT2D eigenvalue weighted by Gasteiger charge is -2.45. The maximum atomic E-state index is 13.2. The fourth-order valence-electron chi connectivity index (χ4n) is 5.15. The summed E-state index contributed by atoms with van der Waals surface area (Å²) in [6.07, 6.45) is 0. The molecule has 4 atom stereocenters. The number of hydrogen-bond donors (Lipinski definition) is 0. The molecular formula is C22H33N3O4S. The van der Waals surface area contributed by atoms with Crippen LogP contribution in [0.3, 0.4) is 0 Å². The van der Waals surface area contributed by atoms with Gasteiger partial charge in [-0.2, -0.15) is 0 Å². The Hall–Kier alpha value is -1.96. The highest BCUT2D eigenvalue weighted by molar-refractivity contribution is 7.91. The molecule has 0 radical (unpaired) electrons. The van der Waals surface area contributed by atoms with Gasteiger partial charge in [-0.1, -0.05) is 13.8 Å². The molecule has 4 fully saturated rings. The number of anilines is 1. The molecule has 0 saturated carbocycles. The quantitative estimate of drug-likeness (QED) is 0.729. The van der Waals surface area contributed by atoms with Crippen LogP contribution >= 0.6 is 0 Å². The van der Waals surface area contributed by atoms with Gasteiger partial charge in [0.1, 0.15) is 5.75 Å². The number of ether oxygens (including phenoxy) is 1. The van der Waals surface area contributed by atoms with E-state index in [2.05, 4.69) is 30.9 Å². The summed E-state index contributed by atoms with van der Waals surface area (Å²) in [7, 11) is -3.00. The molecule has 1 aromatic rings. The van der Waals surface area contributed by atoms with Crippen molar-refractivity contribution in [2.45, 2.75) is 26.8 Å². The summed E-state index contributed by atoms with van der Waals surface area (Å²) < 4.78 is 29.1. The number of hydrogen-bond acceptors (Lipinski definition) is 5. The lowest BCUT2D eigenvalue weighted by atomic mass is 9.76. The first-order valence-corrected chi connectivity index (χ1v) is 12.8. The third-order valence-electron chi connectivity index (χ3n) is 7.24. The second-order valence-corrected chi connectivity index (χ2v) is 11.3. The third kappa shape index (κ3) is 4.11. The van der Waals surface area contributed by atoms with Gasteiger partial charge in [0.15, 0.2) is 9.84 Å². The number of benzene rings is 1. The van der Waals surface area contributed by atoms with E-state index < -0.39 is 9.84 Å². The van der Waals surface area contributed by atoms with E-state index >= 15 is 0 Å². The maximum Gasteiger partial charge on any atom is 0.320 e. The van der Waals surface area contributed by atoms with Gasteiger partial charge in [-0.25, -0.2) is 13.2 Å². The average Bonchev–Trinajstić information content (AvgIpc) is 2.99. The van der Waals surface area contributed by atoms with E-state index in [4.69, 9.17) is 4.74 Å². The molecule has 0 spiro atoms. The highest BCUT2D eigenvalue weighted by atomic mass is 32.2. The minimum Gasteiger partial charge on any atom is -0.494 e. The Morgan fingerprint density at radius 1 is 1.00 bits per heavy atom. The van der Waals surface area contributed by atoms with Crippen LogP contribution in [0.2, 0.25) is 0 Å². The van der Waals surface area contributed by atoms with Gasteiger partial charge in [0.25, 0.3) is 0 Å². The first-order chi connectivity index (χ1) is 14.3. The van der Waals surface area contributed by atoms with Crippen molar-refractivity contribution in [3.63, 3.8) is 0 Å². The molecule has 2 unspecified atom stereocenters. The van der Waals surface area contributed by atoms with Gasteiger partial charge in [0.05, 0.1) is 18.1 Å². The van der Waals surface area contributed by atoms with Crippen LogP contribution in [0.25, 0.3) is 0 Å². The van der Waals surface area contributed by atoms with Gasteiger partial charge < -0.3 is 19.4 Å². The fourth-order valence-corrected chi connectivity index (χ4v) is 6.35. The largest absolute Gasteiger partial charge is 0.494 e. The number of sulfone groups is 1. The molecule has 7 nitrogen and oxygen atoms in total. The summed E-state index contributed by atoms with van der Waals surface area (Å²) in [5, 5.41) is 0. The zero-order valence-electron chi connectivity index (χ0n) is 18.2. The molecule has 0 aromatic heterocycles. The third-order valence-corrected chi connectivity index (χ3v) is 8.85. The number of piperidine rings is 1. The first-order valence-electron chi connectivity index (χ1n) is 11.0. The van der Waals surface area contributed by atoms with Crippen LogP contribution in [0.15, 0.2) is 24.3 Å². The second kappa shape index (κ2) is 8.29. The summed E-state index contributed by atoms with van der Waals surface area (Å²) in [6, 6.07) is 8.50. The lowest BCUT2D eigenvalue weighted by molar-refractivity contribution is 0.152. The van der Waals surface area contributed by atoms with Crippen molar-refractivity contribution in [2.75, 3.05) is 55.7 Å². The SMILES string of the molecule is CCOc1ccc(N2C[C@H]3CN(C(=O)N4CCS(=O)(=O)CC4)CC2[C@@H](C)C3C)cc1. The van der Waals surface area contributed by atoms with Crippen LogP contribution in [0.5, 0.6) is 5.75 Å². The van der Waals surface area contributed by atoms with E-state index in [1.165, 1.54) is 5.69 Å². The Kier molecular flexibility index (Phi) is 5.88. The predicted octanol–water partition coefficient (Wildman–Crippen LogP) is 2.33.